The Morgan fingerprint density at radius 3 is 2.71 bits per heavy atom. The van der Waals surface area contributed by atoms with Gasteiger partial charge >= 0.3 is 5.97 Å². The first-order valence-corrected chi connectivity index (χ1v) is 11.4. The molecule has 2 atom stereocenters. The summed E-state index contributed by atoms with van der Waals surface area (Å²) in [4.78, 5) is 18.2. The average Bonchev–Trinajstić information content (AvgIpc) is 3.62. The average molecular weight is 485 g/mol. The summed E-state index contributed by atoms with van der Waals surface area (Å²) in [5, 5.41) is 13.5. The number of fused-ring (bicyclic) bond motifs is 1. The van der Waals surface area contributed by atoms with Gasteiger partial charge in [0, 0.05) is 35.5 Å². The van der Waals surface area contributed by atoms with Crippen LogP contribution in [0.1, 0.15) is 33.8 Å². The molecular weight excluding hydrogens is 464 g/mol. The predicted octanol–water partition coefficient (Wildman–Crippen LogP) is 4.48. The number of nitrogens with zero attached hydrogens (tertiary/aromatic N) is 3. The molecule has 4 heterocycles. The SMILES string of the molecule is O=C(O)c1cccc(-n2cccc2[C@H]2[C@H](c3ccccn3)NC(=S)N2c2ccc3c(c2)OCO3)c1. The number of benzene rings is 2. The van der Waals surface area contributed by atoms with Gasteiger partial charge < -0.3 is 29.4 Å². The van der Waals surface area contributed by atoms with Gasteiger partial charge in [-0.3, -0.25) is 4.98 Å². The summed E-state index contributed by atoms with van der Waals surface area (Å²) in [6.07, 6.45) is 3.68. The molecule has 2 aromatic carbocycles. The van der Waals surface area contributed by atoms with E-state index in [1.807, 2.05) is 70.3 Å². The van der Waals surface area contributed by atoms with E-state index in [-0.39, 0.29) is 24.4 Å². The maximum Gasteiger partial charge on any atom is 0.335 e. The molecule has 2 aliphatic rings. The van der Waals surface area contributed by atoms with E-state index in [4.69, 9.17) is 21.7 Å². The van der Waals surface area contributed by atoms with Crippen molar-refractivity contribution in [1.29, 1.82) is 0 Å². The fourth-order valence-electron chi connectivity index (χ4n) is 4.63. The fraction of sp³-hybridized carbons (Fsp3) is 0.115. The van der Waals surface area contributed by atoms with Gasteiger partial charge in [0.05, 0.1) is 17.3 Å². The Hall–Kier alpha value is -4.37. The molecule has 1 fully saturated rings. The molecule has 0 amide bonds. The Labute approximate surface area is 206 Å². The summed E-state index contributed by atoms with van der Waals surface area (Å²) in [5.41, 5.74) is 3.58. The smallest absolute Gasteiger partial charge is 0.335 e. The van der Waals surface area contributed by atoms with Gasteiger partial charge in [-0.05, 0) is 66.8 Å². The number of carbonyl (C=O) groups is 1. The second kappa shape index (κ2) is 8.44. The number of rotatable bonds is 5. The highest BCUT2D eigenvalue weighted by Gasteiger charge is 2.42. The summed E-state index contributed by atoms with van der Waals surface area (Å²) in [5.74, 6) is 0.381. The molecule has 0 saturated carbocycles. The zero-order valence-electron chi connectivity index (χ0n) is 18.4. The molecule has 2 N–H and O–H groups in total. The summed E-state index contributed by atoms with van der Waals surface area (Å²) in [7, 11) is 0. The molecule has 6 rings (SSSR count). The lowest BCUT2D eigenvalue weighted by Crippen LogP contribution is -2.30. The second-order valence-corrected chi connectivity index (χ2v) is 8.58. The van der Waals surface area contributed by atoms with E-state index < -0.39 is 5.97 Å². The minimum atomic E-state index is -0.974. The van der Waals surface area contributed by atoms with Crippen LogP contribution in [0.15, 0.2) is 85.2 Å². The maximum atomic E-state index is 11.6. The number of ether oxygens (including phenoxy) is 2. The lowest BCUT2D eigenvalue weighted by molar-refractivity contribution is 0.0697. The van der Waals surface area contributed by atoms with Crippen LogP contribution in [0, 0.1) is 0 Å². The van der Waals surface area contributed by atoms with Gasteiger partial charge in [-0.15, -0.1) is 0 Å². The Bertz CT molecular complexity index is 1440. The fourth-order valence-corrected chi connectivity index (χ4v) is 4.97. The predicted molar refractivity (Wildman–Crippen MR) is 133 cm³/mol. The molecule has 0 unspecified atom stereocenters. The number of carboxylic acids is 1. The van der Waals surface area contributed by atoms with E-state index in [0.29, 0.717) is 16.6 Å². The lowest BCUT2D eigenvalue weighted by atomic mass is 10.0. The van der Waals surface area contributed by atoms with Crippen LogP contribution < -0.4 is 19.7 Å². The molecule has 0 bridgehead atoms. The number of aromatic carboxylic acids is 1. The van der Waals surface area contributed by atoms with E-state index in [2.05, 4.69) is 10.3 Å². The molecule has 2 aliphatic heterocycles. The molecule has 0 aliphatic carbocycles. The van der Waals surface area contributed by atoms with Crippen LogP contribution in [0.2, 0.25) is 0 Å². The first-order chi connectivity index (χ1) is 17.1. The Morgan fingerprint density at radius 1 is 1.00 bits per heavy atom. The summed E-state index contributed by atoms with van der Waals surface area (Å²) >= 11 is 5.82. The van der Waals surface area contributed by atoms with Gasteiger partial charge in [-0.2, -0.15) is 0 Å². The van der Waals surface area contributed by atoms with Crippen LogP contribution >= 0.6 is 12.2 Å². The molecular formula is C26H20N4O4S. The topological polar surface area (TPSA) is 88.8 Å². The van der Waals surface area contributed by atoms with E-state index in [1.165, 1.54) is 0 Å². The minimum Gasteiger partial charge on any atom is -0.478 e. The van der Waals surface area contributed by atoms with Crippen molar-refractivity contribution in [2.45, 2.75) is 12.1 Å². The Morgan fingerprint density at radius 2 is 1.89 bits per heavy atom. The van der Waals surface area contributed by atoms with Gasteiger partial charge in [-0.25, -0.2) is 4.79 Å². The molecule has 174 valence electrons. The molecule has 8 nitrogen and oxygen atoms in total. The third-order valence-corrected chi connectivity index (χ3v) is 6.50. The van der Waals surface area contributed by atoms with Crippen molar-refractivity contribution >= 4 is 29.0 Å². The zero-order valence-corrected chi connectivity index (χ0v) is 19.2. The molecule has 4 aromatic rings. The maximum absolute atomic E-state index is 11.6. The molecule has 1 saturated heterocycles. The number of hydrogen-bond acceptors (Lipinski definition) is 5. The van der Waals surface area contributed by atoms with E-state index >= 15 is 0 Å². The highest BCUT2D eigenvalue weighted by atomic mass is 32.1. The van der Waals surface area contributed by atoms with Gasteiger partial charge in [0.15, 0.2) is 16.6 Å². The summed E-state index contributed by atoms with van der Waals surface area (Å²) < 4.78 is 13.1. The highest BCUT2D eigenvalue weighted by Crippen LogP contribution is 2.44. The van der Waals surface area contributed by atoms with Crippen LogP contribution in [0.4, 0.5) is 5.69 Å². The first-order valence-electron chi connectivity index (χ1n) is 11.0. The monoisotopic (exact) mass is 484 g/mol. The number of aromatic nitrogens is 2. The summed E-state index contributed by atoms with van der Waals surface area (Å²) in [6, 6.07) is 21.8. The van der Waals surface area contributed by atoms with Crippen molar-refractivity contribution in [3.8, 4) is 17.2 Å². The number of carboxylic acid groups (broad SMARTS) is 1. The Kier molecular flexibility index (Phi) is 5.11. The summed E-state index contributed by atoms with van der Waals surface area (Å²) in [6.45, 7) is 0.185. The van der Waals surface area contributed by atoms with Crippen molar-refractivity contribution in [2.75, 3.05) is 11.7 Å². The van der Waals surface area contributed by atoms with Crippen LogP contribution in [0.5, 0.6) is 11.5 Å². The van der Waals surface area contributed by atoms with Gasteiger partial charge in [0.2, 0.25) is 6.79 Å². The minimum absolute atomic E-state index is 0.185. The number of pyridine rings is 1. The van der Waals surface area contributed by atoms with Gasteiger partial charge in [0.25, 0.3) is 0 Å². The molecule has 9 heteroatoms. The van der Waals surface area contributed by atoms with Crippen LogP contribution in [-0.4, -0.2) is 32.5 Å². The number of anilines is 1. The van der Waals surface area contributed by atoms with Crippen molar-refractivity contribution in [3.05, 3.63) is 102 Å². The Balaban J connectivity index is 1.50. The lowest BCUT2D eigenvalue weighted by Gasteiger charge is -2.29. The zero-order chi connectivity index (χ0) is 23.9. The standard InChI is InChI=1S/C26H20N4O4S/c31-25(32)16-5-3-6-17(13-16)29-12-4-8-20(29)24-23(19-7-1-2-11-27-19)28-26(35)30(24)18-9-10-21-22(14-18)34-15-33-21/h1-14,23-24H,15H2,(H,28,35)(H,31,32)/t23-,24-/m0/s1. The number of thiocarbonyl (C=S) groups is 1. The molecule has 2 aromatic heterocycles. The highest BCUT2D eigenvalue weighted by molar-refractivity contribution is 7.80. The normalized spacial score (nSPS) is 18.5. The van der Waals surface area contributed by atoms with Crippen molar-refractivity contribution in [1.82, 2.24) is 14.9 Å². The largest absolute Gasteiger partial charge is 0.478 e. The third-order valence-electron chi connectivity index (χ3n) is 6.19. The molecule has 35 heavy (non-hydrogen) atoms. The van der Waals surface area contributed by atoms with E-state index in [0.717, 1.165) is 22.8 Å². The van der Waals surface area contributed by atoms with Gasteiger partial charge in [0.1, 0.15) is 6.04 Å². The van der Waals surface area contributed by atoms with Crippen molar-refractivity contribution in [2.24, 2.45) is 0 Å². The van der Waals surface area contributed by atoms with Crippen LogP contribution in [0.3, 0.4) is 0 Å². The number of nitrogens with one attached hydrogen (secondary N) is 1. The second-order valence-electron chi connectivity index (χ2n) is 8.19. The van der Waals surface area contributed by atoms with Crippen molar-refractivity contribution in [3.63, 3.8) is 0 Å². The van der Waals surface area contributed by atoms with E-state index in [1.54, 1.807) is 24.4 Å². The third kappa shape index (κ3) is 3.66. The van der Waals surface area contributed by atoms with Crippen LogP contribution in [-0.2, 0) is 0 Å². The van der Waals surface area contributed by atoms with Crippen LogP contribution in [0.25, 0.3) is 5.69 Å². The van der Waals surface area contributed by atoms with Crippen molar-refractivity contribution < 1.29 is 19.4 Å². The number of hydrogen-bond donors (Lipinski definition) is 2. The molecule has 0 radical (unpaired) electrons. The van der Waals surface area contributed by atoms with Gasteiger partial charge in [-0.1, -0.05) is 12.1 Å². The first kappa shape index (κ1) is 21.2. The van der Waals surface area contributed by atoms with E-state index in [9.17, 15) is 9.90 Å². The quantitative estimate of drug-likeness (QED) is 0.401. The molecule has 0 spiro atoms.